The highest BCUT2D eigenvalue weighted by Gasteiger charge is 2.11. The Hall–Kier alpha value is -2.40. The topological polar surface area (TPSA) is 40.6 Å². The zero-order valence-electron chi connectivity index (χ0n) is 13.2. The lowest BCUT2D eigenvalue weighted by atomic mass is 10.2. The van der Waals surface area contributed by atoms with Gasteiger partial charge in [-0.2, -0.15) is 0 Å². The van der Waals surface area contributed by atoms with Crippen LogP contribution in [-0.4, -0.2) is 25.5 Å². The molecule has 118 valence electrons. The molecule has 5 heteroatoms. The van der Waals surface area contributed by atoms with Crippen LogP contribution in [0.5, 0.6) is 23.0 Å². The lowest BCUT2D eigenvalue weighted by molar-refractivity contribution is 0.355. The van der Waals surface area contributed by atoms with Gasteiger partial charge in [0.05, 0.1) is 19.7 Å². The van der Waals surface area contributed by atoms with E-state index in [1.807, 2.05) is 48.7 Å². The van der Waals surface area contributed by atoms with Crippen molar-refractivity contribution in [2.24, 2.45) is 0 Å². The van der Waals surface area contributed by atoms with Gasteiger partial charge in [0.15, 0.2) is 11.5 Å². The molecule has 1 aromatic heterocycles. The molecule has 0 bridgehead atoms. The fourth-order valence-corrected chi connectivity index (χ4v) is 2.72. The third-order valence-electron chi connectivity index (χ3n) is 3.49. The number of rotatable bonds is 5. The van der Waals surface area contributed by atoms with Gasteiger partial charge >= 0.3 is 0 Å². The summed E-state index contributed by atoms with van der Waals surface area (Å²) in [6, 6.07) is 13.6. The van der Waals surface area contributed by atoms with Gasteiger partial charge in [-0.3, -0.25) is 4.98 Å². The lowest BCUT2D eigenvalue weighted by Gasteiger charge is -2.12. The van der Waals surface area contributed by atoms with Crippen LogP contribution in [0.4, 0.5) is 0 Å². The summed E-state index contributed by atoms with van der Waals surface area (Å²) in [5, 5.41) is 0.874. The molecule has 0 amide bonds. The smallest absolute Gasteiger partial charge is 0.162 e. The monoisotopic (exact) mass is 327 g/mol. The first-order valence-electron chi connectivity index (χ1n) is 7.08. The van der Waals surface area contributed by atoms with E-state index in [-0.39, 0.29) is 0 Å². The van der Waals surface area contributed by atoms with Gasteiger partial charge in [0, 0.05) is 22.5 Å². The van der Waals surface area contributed by atoms with Crippen molar-refractivity contribution >= 4 is 22.7 Å². The van der Waals surface area contributed by atoms with Crippen LogP contribution < -0.4 is 14.2 Å². The van der Waals surface area contributed by atoms with Crippen molar-refractivity contribution in [3.05, 3.63) is 48.7 Å². The first kappa shape index (κ1) is 15.5. The Bertz CT molecular complexity index is 818. The second-order valence-electron chi connectivity index (χ2n) is 4.81. The standard InChI is InChI=1S/C18H17NO3S/c1-20-17-10-14-15(11-18(17)21-2)19-9-8-16(14)22-12-4-6-13(23-3)7-5-12/h4-11H,1-3H3. The van der Waals surface area contributed by atoms with Crippen molar-refractivity contribution in [2.75, 3.05) is 20.5 Å². The zero-order chi connectivity index (χ0) is 16.2. The molecule has 0 radical (unpaired) electrons. The largest absolute Gasteiger partial charge is 0.493 e. The number of thioether (sulfide) groups is 1. The molecule has 3 rings (SSSR count). The van der Waals surface area contributed by atoms with Crippen molar-refractivity contribution in [3.8, 4) is 23.0 Å². The Morgan fingerprint density at radius 3 is 2.22 bits per heavy atom. The maximum absolute atomic E-state index is 6.02. The molecular weight excluding hydrogens is 310 g/mol. The number of pyridine rings is 1. The number of ether oxygens (including phenoxy) is 3. The summed E-state index contributed by atoms with van der Waals surface area (Å²) in [7, 11) is 3.22. The fourth-order valence-electron chi connectivity index (χ4n) is 2.31. The molecule has 23 heavy (non-hydrogen) atoms. The normalized spacial score (nSPS) is 10.6. The Balaban J connectivity index is 2.02. The zero-order valence-corrected chi connectivity index (χ0v) is 14.0. The van der Waals surface area contributed by atoms with Crippen LogP contribution in [0.3, 0.4) is 0 Å². The SMILES string of the molecule is COc1cc2nccc(Oc3ccc(SC)cc3)c2cc1OC. The van der Waals surface area contributed by atoms with E-state index in [1.165, 1.54) is 4.90 Å². The molecule has 0 fully saturated rings. The molecule has 0 unspecified atom stereocenters. The number of hydrogen-bond acceptors (Lipinski definition) is 5. The van der Waals surface area contributed by atoms with Gasteiger partial charge < -0.3 is 14.2 Å². The molecule has 0 aliphatic rings. The first-order valence-corrected chi connectivity index (χ1v) is 8.30. The maximum Gasteiger partial charge on any atom is 0.162 e. The summed E-state index contributed by atoms with van der Waals surface area (Å²) in [4.78, 5) is 5.57. The van der Waals surface area contributed by atoms with Gasteiger partial charge in [-0.1, -0.05) is 0 Å². The number of aromatic nitrogens is 1. The molecule has 0 N–H and O–H groups in total. The van der Waals surface area contributed by atoms with Crippen LogP contribution in [0.15, 0.2) is 53.6 Å². The van der Waals surface area contributed by atoms with E-state index >= 15 is 0 Å². The van der Waals surface area contributed by atoms with Gasteiger partial charge in [-0.25, -0.2) is 0 Å². The van der Waals surface area contributed by atoms with E-state index in [0.29, 0.717) is 11.5 Å². The van der Waals surface area contributed by atoms with Crippen molar-refractivity contribution in [3.63, 3.8) is 0 Å². The molecule has 0 aliphatic carbocycles. The van der Waals surface area contributed by atoms with Gasteiger partial charge in [0.1, 0.15) is 11.5 Å². The summed E-state index contributed by atoms with van der Waals surface area (Å²) >= 11 is 1.70. The molecule has 1 heterocycles. The molecule has 0 saturated carbocycles. The summed E-state index contributed by atoms with van der Waals surface area (Å²) in [6.45, 7) is 0. The third kappa shape index (κ3) is 3.19. The molecule has 0 spiro atoms. The highest BCUT2D eigenvalue weighted by atomic mass is 32.2. The number of benzene rings is 2. The van der Waals surface area contributed by atoms with Crippen molar-refractivity contribution < 1.29 is 14.2 Å². The Labute approximate surface area is 139 Å². The van der Waals surface area contributed by atoms with Crippen LogP contribution in [0.1, 0.15) is 0 Å². The number of nitrogens with zero attached hydrogens (tertiary/aromatic N) is 1. The molecule has 0 atom stereocenters. The quantitative estimate of drug-likeness (QED) is 0.632. The Morgan fingerprint density at radius 1 is 0.870 bits per heavy atom. The van der Waals surface area contributed by atoms with E-state index in [2.05, 4.69) is 4.98 Å². The highest BCUT2D eigenvalue weighted by Crippen LogP contribution is 2.36. The van der Waals surface area contributed by atoms with E-state index in [9.17, 15) is 0 Å². The van der Waals surface area contributed by atoms with Crippen LogP contribution in [0, 0.1) is 0 Å². The van der Waals surface area contributed by atoms with Gasteiger partial charge in [0.2, 0.25) is 0 Å². The minimum absolute atomic E-state index is 0.647. The molecule has 4 nitrogen and oxygen atoms in total. The highest BCUT2D eigenvalue weighted by molar-refractivity contribution is 7.98. The van der Waals surface area contributed by atoms with Crippen LogP contribution in [-0.2, 0) is 0 Å². The van der Waals surface area contributed by atoms with Gasteiger partial charge in [-0.05, 0) is 42.7 Å². The van der Waals surface area contributed by atoms with Crippen molar-refractivity contribution in [1.82, 2.24) is 4.98 Å². The summed E-state index contributed by atoms with van der Waals surface area (Å²) in [5.41, 5.74) is 0.792. The minimum Gasteiger partial charge on any atom is -0.493 e. The molecule has 3 aromatic rings. The summed E-state index contributed by atoms with van der Waals surface area (Å²) in [6.07, 6.45) is 3.77. The van der Waals surface area contributed by atoms with Gasteiger partial charge in [-0.15, -0.1) is 11.8 Å². The van der Waals surface area contributed by atoms with E-state index in [1.54, 1.807) is 32.2 Å². The third-order valence-corrected chi connectivity index (χ3v) is 4.24. The predicted octanol–water partition coefficient (Wildman–Crippen LogP) is 4.77. The van der Waals surface area contributed by atoms with Crippen LogP contribution >= 0.6 is 11.8 Å². The molecule has 2 aromatic carbocycles. The molecule has 0 aliphatic heterocycles. The summed E-state index contributed by atoms with van der Waals surface area (Å²) < 4.78 is 16.7. The second-order valence-corrected chi connectivity index (χ2v) is 5.69. The van der Waals surface area contributed by atoms with E-state index in [0.717, 1.165) is 22.4 Å². The maximum atomic E-state index is 6.02. The average Bonchev–Trinajstić information content (AvgIpc) is 2.61. The van der Waals surface area contributed by atoms with Crippen molar-refractivity contribution in [1.29, 1.82) is 0 Å². The predicted molar refractivity (Wildman–Crippen MR) is 93.1 cm³/mol. The number of fused-ring (bicyclic) bond motifs is 1. The van der Waals surface area contributed by atoms with Crippen molar-refractivity contribution in [2.45, 2.75) is 4.90 Å². The second kappa shape index (κ2) is 6.79. The number of hydrogen-bond donors (Lipinski definition) is 0. The molecular formula is C18H17NO3S. The van der Waals surface area contributed by atoms with Crippen LogP contribution in [0.25, 0.3) is 10.9 Å². The Kier molecular flexibility index (Phi) is 4.57. The van der Waals surface area contributed by atoms with Crippen LogP contribution in [0.2, 0.25) is 0 Å². The van der Waals surface area contributed by atoms with E-state index in [4.69, 9.17) is 14.2 Å². The Morgan fingerprint density at radius 2 is 1.57 bits per heavy atom. The minimum atomic E-state index is 0.647. The lowest BCUT2D eigenvalue weighted by Crippen LogP contribution is -1.93. The van der Waals surface area contributed by atoms with E-state index < -0.39 is 0 Å². The fraction of sp³-hybridized carbons (Fsp3) is 0.167. The number of methoxy groups -OCH3 is 2. The first-order chi connectivity index (χ1) is 11.2. The molecule has 0 saturated heterocycles. The average molecular weight is 327 g/mol. The van der Waals surface area contributed by atoms with Gasteiger partial charge in [0.25, 0.3) is 0 Å². The summed E-state index contributed by atoms with van der Waals surface area (Å²) in [5.74, 6) is 2.81.